The first-order valence-corrected chi connectivity index (χ1v) is 4.02. The van der Waals surface area contributed by atoms with E-state index in [1.165, 1.54) is 12.8 Å². The maximum Gasteiger partial charge on any atom is 0.307 e. The Balaban J connectivity index is 1.97. The molecule has 4 aliphatic carbocycles. The fourth-order valence-corrected chi connectivity index (χ4v) is 3.44. The molecule has 4 rings (SSSR count). The van der Waals surface area contributed by atoms with Crippen molar-refractivity contribution in [1.29, 1.82) is 0 Å². The molecule has 2 heteroatoms. The van der Waals surface area contributed by atoms with Crippen LogP contribution in [0.5, 0.6) is 0 Å². The molecule has 1 N–H and O–H groups in total. The van der Waals surface area contributed by atoms with Crippen molar-refractivity contribution >= 4 is 5.97 Å². The summed E-state index contributed by atoms with van der Waals surface area (Å²) in [5, 5.41) is 8.81. The van der Waals surface area contributed by atoms with Crippen LogP contribution in [0, 0.1) is 29.6 Å². The summed E-state index contributed by atoms with van der Waals surface area (Å²) >= 11 is 0. The lowest BCUT2D eigenvalue weighted by Crippen LogP contribution is -2.16. The van der Waals surface area contributed by atoms with Crippen LogP contribution in [0.25, 0.3) is 0 Å². The first-order valence-electron chi connectivity index (χ1n) is 4.02. The Morgan fingerprint density at radius 2 is 1.90 bits per heavy atom. The maximum absolute atomic E-state index is 10.7. The quantitative estimate of drug-likeness (QED) is 0.586. The van der Waals surface area contributed by atoms with Gasteiger partial charge < -0.3 is 5.11 Å². The van der Waals surface area contributed by atoms with E-state index in [4.69, 9.17) is 5.11 Å². The lowest BCUT2D eigenvalue weighted by molar-refractivity contribution is -0.143. The van der Waals surface area contributed by atoms with Crippen molar-refractivity contribution in [3.05, 3.63) is 0 Å². The van der Waals surface area contributed by atoms with Gasteiger partial charge in [-0.3, -0.25) is 4.79 Å². The van der Waals surface area contributed by atoms with Gasteiger partial charge in [0.1, 0.15) is 0 Å². The van der Waals surface area contributed by atoms with Crippen molar-refractivity contribution < 1.29 is 9.90 Å². The average Bonchev–Trinajstić information content (AvgIpc) is 2.38. The van der Waals surface area contributed by atoms with Gasteiger partial charge in [-0.25, -0.2) is 0 Å². The topological polar surface area (TPSA) is 37.3 Å². The third-order valence-corrected chi connectivity index (χ3v) is 3.76. The van der Waals surface area contributed by atoms with Crippen molar-refractivity contribution in [3.8, 4) is 0 Å². The largest absolute Gasteiger partial charge is 0.481 e. The Morgan fingerprint density at radius 1 is 1.30 bits per heavy atom. The first-order chi connectivity index (χ1) is 4.79. The Kier molecular flexibility index (Phi) is 0.644. The SMILES string of the molecule is O=C(O)[C@@H]1C2CC3C(C2)C31. The number of hydrogen-bond donors (Lipinski definition) is 1. The molecule has 0 amide bonds. The summed E-state index contributed by atoms with van der Waals surface area (Å²) in [5.41, 5.74) is 0. The zero-order valence-corrected chi connectivity index (χ0v) is 5.66. The Morgan fingerprint density at radius 3 is 2.10 bits per heavy atom. The molecule has 10 heavy (non-hydrogen) atoms. The molecule has 0 radical (unpaired) electrons. The van der Waals surface area contributed by atoms with Gasteiger partial charge in [-0.2, -0.15) is 0 Å². The zero-order valence-electron chi connectivity index (χ0n) is 5.66. The summed E-state index contributed by atoms with van der Waals surface area (Å²) in [6, 6.07) is 0. The molecular formula is C8H10O2. The number of carbonyl (C=O) groups is 1. The van der Waals surface area contributed by atoms with Crippen LogP contribution in [0.3, 0.4) is 0 Å². The second-order valence-electron chi connectivity index (χ2n) is 4.00. The van der Waals surface area contributed by atoms with Gasteiger partial charge in [-0.1, -0.05) is 0 Å². The van der Waals surface area contributed by atoms with Gasteiger partial charge in [0, 0.05) is 0 Å². The lowest BCUT2D eigenvalue weighted by atomic mass is 9.99. The van der Waals surface area contributed by atoms with Crippen LogP contribution >= 0.6 is 0 Å². The summed E-state index contributed by atoms with van der Waals surface area (Å²) in [5.74, 6) is 2.39. The summed E-state index contributed by atoms with van der Waals surface area (Å²) in [7, 11) is 0. The zero-order chi connectivity index (χ0) is 6.88. The lowest BCUT2D eigenvalue weighted by Gasteiger charge is -2.06. The van der Waals surface area contributed by atoms with Gasteiger partial charge >= 0.3 is 5.97 Å². The highest BCUT2D eigenvalue weighted by Crippen LogP contribution is 2.73. The molecule has 54 valence electrons. The Bertz CT molecular complexity index is 197. The molecule has 0 aliphatic heterocycles. The van der Waals surface area contributed by atoms with E-state index in [9.17, 15) is 4.79 Å². The fraction of sp³-hybridized carbons (Fsp3) is 0.875. The molecule has 2 nitrogen and oxygen atoms in total. The maximum atomic E-state index is 10.7. The van der Waals surface area contributed by atoms with Gasteiger partial charge in [-0.05, 0) is 36.5 Å². The molecule has 4 aliphatic rings. The molecule has 0 aromatic heterocycles. The molecular weight excluding hydrogens is 128 g/mol. The van der Waals surface area contributed by atoms with Gasteiger partial charge in [0.15, 0.2) is 0 Å². The Hall–Kier alpha value is -0.530. The van der Waals surface area contributed by atoms with E-state index in [0.29, 0.717) is 11.8 Å². The smallest absolute Gasteiger partial charge is 0.307 e. The summed E-state index contributed by atoms with van der Waals surface area (Å²) in [4.78, 5) is 10.7. The third kappa shape index (κ3) is 0.360. The van der Waals surface area contributed by atoms with E-state index in [-0.39, 0.29) is 5.92 Å². The minimum Gasteiger partial charge on any atom is -0.481 e. The fourth-order valence-electron chi connectivity index (χ4n) is 3.44. The second-order valence-corrected chi connectivity index (χ2v) is 4.00. The third-order valence-electron chi connectivity index (χ3n) is 3.76. The average molecular weight is 138 g/mol. The molecule has 3 atom stereocenters. The van der Waals surface area contributed by atoms with Crippen molar-refractivity contribution in [1.82, 2.24) is 0 Å². The summed E-state index contributed by atoms with van der Waals surface area (Å²) in [6.45, 7) is 0. The van der Waals surface area contributed by atoms with Crippen molar-refractivity contribution in [2.24, 2.45) is 29.6 Å². The summed E-state index contributed by atoms with van der Waals surface area (Å²) in [6.07, 6.45) is 2.46. The normalized spacial score (nSPS) is 61.0. The van der Waals surface area contributed by atoms with E-state index in [2.05, 4.69) is 0 Å². The number of carboxylic acids is 1. The minimum absolute atomic E-state index is 0.0648. The van der Waals surface area contributed by atoms with Crippen molar-refractivity contribution in [2.75, 3.05) is 0 Å². The van der Waals surface area contributed by atoms with E-state index in [0.717, 1.165) is 11.8 Å². The van der Waals surface area contributed by atoms with Gasteiger partial charge in [0.2, 0.25) is 0 Å². The highest BCUT2D eigenvalue weighted by atomic mass is 16.4. The highest BCUT2D eigenvalue weighted by Gasteiger charge is 2.70. The molecule has 2 unspecified atom stereocenters. The van der Waals surface area contributed by atoms with Crippen LogP contribution in [-0.4, -0.2) is 11.1 Å². The van der Waals surface area contributed by atoms with Crippen LogP contribution < -0.4 is 0 Å². The van der Waals surface area contributed by atoms with Gasteiger partial charge in [-0.15, -0.1) is 0 Å². The molecule has 0 aromatic rings. The minimum atomic E-state index is -0.530. The molecule has 0 saturated heterocycles. The molecule has 4 saturated carbocycles. The standard InChI is InChI=1S/C8H10O2/c9-8(10)6-3-1-4-5(2-3)7(4)6/h3-7H,1-2H2,(H,9,10)/t3?,4?,5?,6-,7?/m1/s1. The molecule has 4 fully saturated rings. The first kappa shape index (κ1) is 5.16. The highest BCUT2D eigenvalue weighted by molar-refractivity contribution is 5.73. The molecule has 0 aromatic carbocycles. The molecule has 0 heterocycles. The molecule has 4 bridgehead atoms. The number of aliphatic carboxylic acids is 1. The number of rotatable bonds is 1. The Labute approximate surface area is 59.2 Å². The predicted molar refractivity (Wildman–Crippen MR) is 34.3 cm³/mol. The van der Waals surface area contributed by atoms with Crippen LogP contribution in [0.2, 0.25) is 0 Å². The molecule has 0 spiro atoms. The number of hydrogen-bond acceptors (Lipinski definition) is 1. The van der Waals surface area contributed by atoms with E-state index in [1.807, 2.05) is 0 Å². The van der Waals surface area contributed by atoms with Crippen LogP contribution in [-0.2, 0) is 4.79 Å². The number of carboxylic acid groups (broad SMARTS) is 1. The predicted octanol–water partition coefficient (Wildman–Crippen LogP) is 0.973. The van der Waals surface area contributed by atoms with E-state index >= 15 is 0 Å². The van der Waals surface area contributed by atoms with Crippen LogP contribution in [0.15, 0.2) is 0 Å². The van der Waals surface area contributed by atoms with Crippen LogP contribution in [0.1, 0.15) is 12.8 Å². The van der Waals surface area contributed by atoms with E-state index < -0.39 is 5.97 Å². The van der Waals surface area contributed by atoms with Gasteiger partial charge in [0.25, 0.3) is 0 Å². The van der Waals surface area contributed by atoms with Crippen molar-refractivity contribution in [3.63, 3.8) is 0 Å². The van der Waals surface area contributed by atoms with E-state index in [1.54, 1.807) is 0 Å². The van der Waals surface area contributed by atoms with Crippen molar-refractivity contribution in [2.45, 2.75) is 12.8 Å². The monoisotopic (exact) mass is 138 g/mol. The van der Waals surface area contributed by atoms with Gasteiger partial charge in [0.05, 0.1) is 5.92 Å². The summed E-state index contributed by atoms with van der Waals surface area (Å²) < 4.78 is 0. The second kappa shape index (κ2) is 1.25. The van der Waals surface area contributed by atoms with Crippen LogP contribution in [0.4, 0.5) is 0 Å².